The van der Waals surface area contributed by atoms with Crippen molar-refractivity contribution in [3.63, 3.8) is 0 Å². The number of aromatic nitrogens is 3. The number of hydrogen-bond acceptors (Lipinski definition) is 3. The van der Waals surface area contributed by atoms with Gasteiger partial charge in [0, 0.05) is 24.7 Å². The zero-order valence-corrected chi connectivity index (χ0v) is 9.84. The average molecular weight is 229 g/mol. The van der Waals surface area contributed by atoms with Gasteiger partial charge in [-0.15, -0.1) is 0 Å². The van der Waals surface area contributed by atoms with E-state index in [1.165, 1.54) is 0 Å². The van der Waals surface area contributed by atoms with Gasteiger partial charge in [0.15, 0.2) is 5.82 Å². The van der Waals surface area contributed by atoms with Crippen molar-refractivity contribution in [3.05, 3.63) is 36.3 Å². The molecule has 0 amide bonds. The molecule has 2 aromatic heterocycles. The van der Waals surface area contributed by atoms with Gasteiger partial charge in [0.2, 0.25) is 0 Å². The van der Waals surface area contributed by atoms with E-state index in [1.54, 1.807) is 0 Å². The van der Waals surface area contributed by atoms with Crippen LogP contribution in [0.4, 0.5) is 0 Å². The van der Waals surface area contributed by atoms with Gasteiger partial charge < -0.3 is 9.30 Å². The first-order valence-corrected chi connectivity index (χ1v) is 5.89. The lowest BCUT2D eigenvalue weighted by Crippen LogP contribution is -2.09. The standard InChI is InChI=1S/C13H15N3O/c1-10-3-2-4-12(15-10)13-14-6-7-16(13)11-5-8-17-9-11/h2-4,6-7,11H,5,8-9H2,1H3. The summed E-state index contributed by atoms with van der Waals surface area (Å²) in [7, 11) is 0. The van der Waals surface area contributed by atoms with Crippen LogP contribution >= 0.6 is 0 Å². The van der Waals surface area contributed by atoms with Gasteiger partial charge in [-0.25, -0.2) is 9.97 Å². The molecule has 4 heteroatoms. The molecule has 1 atom stereocenters. The molecular formula is C13H15N3O. The van der Waals surface area contributed by atoms with E-state index in [4.69, 9.17) is 4.74 Å². The summed E-state index contributed by atoms with van der Waals surface area (Å²) in [6, 6.07) is 6.41. The van der Waals surface area contributed by atoms with Gasteiger partial charge in [-0.3, -0.25) is 0 Å². The van der Waals surface area contributed by atoms with Crippen LogP contribution in [0.3, 0.4) is 0 Å². The van der Waals surface area contributed by atoms with Crippen molar-refractivity contribution in [3.8, 4) is 11.5 Å². The van der Waals surface area contributed by atoms with Crippen LogP contribution in [0.1, 0.15) is 18.2 Å². The molecule has 3 heterocycles. The molecule has 1 aliphatic rings. The summed E-state index contributed by atoms with van der Waals surface area (Å²) in [4.78, 5) is 8.94. The summed E-state index contributed by atoms with van der Waals surface area (Å²) in [5.74, 6) is 0.934. The lowest BCUT2D eigenvalue weighted by Gasteiger charge is -2.13. The van der Waals surface area contributed by atoms with Crippen molar-refractivity contribution in [2.24, 2.45) is 0 Å². The number of ether oxygens (including phenoxy) is 1. The van der Waals surface area contributed by atoms with E-state index in [-0.39, 0.29) is 0 Å². The molecule has 0 spiro atoms. The third kappa shape index (κ3) is 1.96. The quantitative estimate of drug-likeness (QED) is 0.792. The highest BCUT2D eigenvalue weighted by molar-refractivity contribution is 5.50. The summed E-state index contributed by atoms with van der Waals surface area (Å²) in [6.45, 7) is 3.61. The Hall–Kier alpha value is -1.68. The first-order chi connectivity index (χ1) is 8.34. The summed E-state index contributed by atoms with van der Waals surface area (Å²) in [6.07, 6.45) is 4.89. The lowest BCUT2D eigenvalue weighted by molar-refractivity contribution is 0.187. The molecule has 3 rings (SSSR count). The smallest absolute Gasteiger partial charge is 0.158 e. The maximum atomic E-state index is 5.43. The summed E-state index contributed by atoms with van der Waals surface area (Å²) >= 11 is 0. The normalized spacial score (nSPS) is 19.7. The van der Waals surface area contributed by atoms with Crippen LogP contribution in [0.2, 0.25) is 0 Å². The third-order valence-corrected chi connectivity index (χ3v) is 3.09. The van der Waals surface area contributed by atoms with Crippen molar-refractivity contribution < 1.29 is 4.74 Å². The molecule has 0 bridgehead atoms. The maximum Gasteiger partial charge on any atom is 0.158 e. The summed E-state index contributed by atoms with van der Waals surface area (Å²) in [5, 5.41) is 0. The number of pyridine rings is 1. The second-order valence-corrected chi connectivity index (χ2v) is 4.34. The number of imidazole rings is 1. The predicted octanol–water partition coefficient (Wildman–Crippen LogP) is 2.21. The van der Waals surface area contributed by atoms with Crippen LogP contribution in [-0.4, -0.2) is 27.7 Å². The fourth-order valence-electron chi connectivity index (χ4n) is 2.22. The molecule has 0 radical (unpaired) electrons. The van der Waals surface area contributed by atoms with E-state index in [9.17, 15) is 0 Å². The molecular weight excluding hydrogens is 214 g/mol. The lowest BCUT2D eigenvalue weighted by atomic mass is 10.2. The number of rotatable bonds is 2. The maximum absolute atomic E-state index is 5.43. The molecule has 0 aromatic carbocycles. The molecule has 0 saturated carbocycles. The molecule has 1 unspecified atom stereocenters. The first-order valence-electron chi connectivity index (χ1n) is 5.89. The molecule has 0 aliphatic carbocycles. The van der Waals surface area contributed by atoms with E-state index in [0.717, 1.165) is 36.8 Å². The average Bonchev–Trinajstić information content (AvgIpc) is 3.00. The van der Waals surface area contributed by atoms with Crippen molar-refractivity contribution in [1.82, 2.24) is 14.5 Å². The highest BCUT2D eigenvalue weighted by atomic mass is 16.5. The Labute approximate surface area is 100 Å². The van der Waals surface area contributed by atoms with Crippen molar-refractivity contribution in [1.29, 1.82) is 0 Å². The van der Waals surface area contributed by atoms with Crippen LogP contribution in [-0.2, 0) is 4.74 Å². The van der Waals surface area contributed by atoms with Gasteiger partial charge in [0.1, 0.15) is 5.69 Å². The highest BCUT2D eigenvalue weighted by Crippen LogP contribution is 2.25. The van der Waals surface area contributed by atoms with Crippen LogP contribution in [0.15, 0.2) is 30.6 Å². The van der Waals surface area contributed by atoms with Gasteiger partial charge in [-0.1, -0.05) is 6.07 Å². The molecule has 88 valence electrons. The Morgan fingerprint density at radius 1 is 1.41 bits per heavy atom. The fourth-order valence-corrected chi connectivity index (χ4v) is 2.22. The first kappa shape index (κ1) is 10.5. The van der Waals surface area contributed by atoms with Crippen molar-refractivity contribution in [2.75, 3.05) is 13.2 Å². The van der Waals surface area contributed by atoms with E-state index >= 15 is 0 Å². The predicted molar refractivity (Wildman–Crippen MR) is 64.7 cm³/mol. The third-order valence-electron chi connectivity index (χ3n) is 3.09. The van der Waals surface area contributed by atoms with E-state index in [2.05, 4.69) is 14.5 Å². The van der Waals surface area contributed by atoms with Crippen LogP contribution in [0.25, 0.3) is 11.5 Å². The molecule has 1 aliphatic heterocycles. The Morgan fingerprint density at radius 3 is 3.12 bits per heavy atom. The van der Waals surface area contributed by atoms with Gasteiger partial charge in [-0.05, 0) is 25.5 Å². The van der Waals surface area contributed by atoms with Crippen molar-refractivity contribution in [2.45, 2.75) is 19.4 Å². The Balaban J connectivity index is 2.00. The van der Waals surface area contributed by atoms with Gasteiger partial charge in [0.25, 0.3) is 0 Å². The Morgan fingerprint density at radius 2 is 2.35 bits per heavy atom. The summed E-state index contributed by atoms with van der Waals surface area (Å²) in [5.41, 5.74) is 1.95. The van der Waals surface area contributed by atoms with E-state index < -0.39 is 0 Å². The molecule has 1 saturated heterocycles. The topological polar surface area (TPSA) is 39.9 Å². The minimum absolute atomic E-state index is 0.398. The summed E-state index contributed by atoms with van der Waals surface area (Å²) < 4.78 is 7.60. The van der Waals surface area contributed by atoms with Crippen molar-refractivity contribution >= 4 is 0 Å². The minimum atomic E-state index is 0.398. The van der Waals surface area contributed by atoms with E-state index in [0.29, 0.717) is 6.04 Å². The van der Waals surface area contributed by atoms with Crippen LogP contribution in [0.5, 0.6) is 0 Å². The van der Waals surface area contributed by atoms with Crippen LogP contribution < -0.4 is 0 Å². The molecule has 17 heavy (non-hydrogen) atoms. The highest BCUT2D eigenvalue weighted by Gasteiger charge is 2.20. The molecule has 2 aromatic rings. The van der Waals surface area contributed by atoms with Gasteiger partial charge in [-0.2, -0.15) is 0 Å². The Kier molecular flexibility index (Phi) is 2.65. The largest absolute Gasteiger partial charge is 0.379 e. The van der Waals surface area contributed by atoms with Gasteiger partial charge in [0.05, 0.1) is 12.6 Å². The molecule has 1 fully saturated rings. The fraction of sp³-hybridized carbons (Fsp3) is 0.385. The number of hydrogen-bond donors (Lipinski definition) is 0. The second-order valence-electron chi connectivity index (χ2n) is 4.34. The SMILES string of the molecule is Cc1cccc(-c2nccn2C2CCOC2)n1. The zero-order chi connectivity index (χ0) is 11.7. The van der Waals surface area contributed by atoms with Gasteiger partial charge >= 0.3 is 0 Å². The number of aryl methyl sites for hydroxylation is 1. The Bertz CT molecular complexity index is 515. The monoisotopic (exact) mass is 229 g/mol. The zero-order valence-electron chi connectivity index (χ0n) is 9.84. The van der Waals surface area contributed by atoms with E-state index in [1.807, 2.05) is 37.5 Å². The second kappa shape index (κ2) is 4.30. The molecule has 0 N–H and O–H groups in total. The number of nitrogens with zero attached hydrogens (tertiary/aromatic N) is 3. The molecule has 4 nitrogen and oxygen atoms in total. The van der Waals surface area contributed by atoms with Crippen LogP contribution in [0, 0.1) is 6.92 Å². The minimum Gasteiger partial charge on any atom is -0.379 e.